The predicted octanol–water partition coefficient (Wildman–Crippen LogP) is 4.42. The molecule has 4 heterocycles. The number of esters is 1. The van der Waals surface area contributed by atoms with Crippen molar-refractivity contribution in [2.75, 3.05) is 24.3 Å². The number of aromatic nitrogens is 4. The highest BCUT2D eigenvalue weighted by molar-refractivity contribution is 7.99. The fourth-order valence-electron chi connectivity index (χ4n) is 3.57. The molecule has 1 aliphatic rings. The lowest BCUT2D eigenvalue weighted by atomic mass is 10.2. The minimum absolute atomic E-state index is 0.117. The third-order valence-corrected chi connectivity index (χ3v) is 8.32. The Morgan fingerprint density at radius 2 is 2.21 bits per heavy atom. The molecule has 9 nitrogen and oxygen atoms in total. The van der Waals surface area contributed by atoms with Gasteiger partial charge < -0.3 is 14.8 Å². The van der Waals surface area contributed by atoms with Crippen LogP contribution in [-0.2, 0) is 27.2 Å². The SMILES string of the molecule is CCOC(=O)c1sc(NC(=O)CSc2nnc(-c3csc(CC)c3)n2CC2CCCO2)nc1C. The quantitative estimate of drug-likeness (QED) is 0.309. The van der Waals surface area contributed by atoms with Crippen LogP contribution >= 0.6 is 34.4 Å². The molecule has 0 radical (unpaired) electrons. The minimum atomic E-state index is -0.429. The van der Waals surface area contributed by atoms with Crippen molar-refractivity contribution < 1.29 is 19.1 Å². The van der Waals surface area contributed by atoms with E-state index in [0.29, 0.717) is 27.4 Å². The molecule has 1 fully saturated rings. The first-order valence-corrected chi connectivity index (χ1v) is 13.9. The molecule has 1 atom stereocenters. The molecule has 3 aromatic heterocycles. The first kappa shape index (κ1) is 24.8. The molecule has 3 aromatic rings. The molecular formula is C22H27N5O4S3. The maximum atomic E-state index is 12.6. The number of amides is 1. The second kappa shape index (κ2) is 11.4. The second-order valence-electron chi connectivity index (χ2n) is 7.70. The van der Waals surface area contributed by atoms with E-state index in [-0.39, 0.29) is 24.4 Å². The highest BCUT2D eigenvalue weighted by Gasteiger charge is 2.23. The van der Waals surface area contributed by atoms with Crippen molar-refractivity contribution in [3.05, 3.63) is 26.9 Å². The summed E-state index contributed by atoms with van der Waals surface area (Å²) in [7, 11) is 0. The van der Waals surface area contributed by atoms with Gasteiger partial charge in [-0.05, 0) is 39.2 Å². The summed E-state index contributed by atoms with van der Waals surface area (Å²) in [5, 5.41) is 14.7. The zero-order valence-corrected chi connectivity index (χ0v) is 21.8. The van der Waals surface area contributed by atoms with Crippen LogP contribution in [0.25, 0.3) is 11.4 Å². The van der Waals surface area contributed by atoms with Gasteiger partial charge in [-0.1, -0.05) is 30.0 Å². The summed E-state index contributed by atoms with van der Waals surface area (Å²) in [6, 6.07) is 2.15. The summed E-state index contributed by atoms with van der Waals surface area (Å²) in [5.74, 6) is 0.276. The smallest absolute Gasteiger partial charge is 0.350 e. The molecule has 4 rings (SSSR count). The van der Waals surface area contributed by atoms with Crippen LogP contribution in [0, 0.1) is 6.92 Å². The molecule has 1 unspecified atom stereocenters. The summed E-state index contributed by atoms with van der Waals surface area (Å²) < 4.78 is 12.9. The molecule has 0 saturated carbocycles. The Kier molecular flexibility index (Phi) is 8.35. The largest absolute Gasteiger partial charge is 0.462 e. The van der Waals surface area contributed by atoms with E-state index < -0.39 is 5.97 Å². The van der Waals surface area contributed by atoms with E-state index in [1.807, 2.05) is 0 Å². The van der Waals surface area contributed by atoms with Crippen molar-refractivity contribution in [3.8, 4) is 11.4 Å². The number of carbonyl (C=O) groups excluding carboxylic acids is 2. The van der Waals surface area contributed by atoms with Gasteiger partial charge in [-0.3, -0.25) is 9.36 Å². The predicted molar refractivity (Wildman–Crippen MR) is 134 cm³/mol. The van der Waals surface area contributed by atoms with E-state index in [1.165, 1.54) is 16.6 Å². The molecular weight excluding hydrogens is 494 g/mol. The average molecular weight is 522 g/mol. The van der Waals surface area contributed by atoms with Crippen LogP contribution in [0.5, 0.6) is 0 Å². The molecule has 0 bridgehead atoms. The average Bonchev–Trinajstić information content (AvgIpc) is 3.60. The highest BCUT2D eigenvalue weighted by Crippen LogP contribution is 2.30. The van der Waals surface area contributed by atoms with Gasteiger partial charge in [0, 0.05) is 22.4 Å². The molecule has 1 N–H and O–H groups in total. The van der Waals surface area contributed by atoms with E-state index in [9.17, 15) is 9.59 Å². The molecule has 1 saturated heterocycles. The number of hydrogen-bond acceptors (Lipinski definition) is 10. The molecule has 182 valence electrons. The zero-order chi connectivity index (χ0) is 24.1. The number of thiophene rings is 1. The Labute approximate surface area is 210 Å². The van der Waals surface area contributed by atoms with Gasteiger partial charge >= 0.3 is 5.97 Å². The summed E-state index contributed by atoms with van der Waals surface area (Å²) >= 11 is 4.14. The Bertz CT molecular complexity index is 1150. The van der Waals surface area contributed by atoms with E-state index in [4.69, 9.17) is 9.47 Å². The first-order valence-electron chi connectivity index (χ1n) is 11.2. The lowest BCUT2D eigenvalue weighted by molar-refractivity contribution is -0.113. The number of nitrogens with zero attached hydrogens (tertiary/aromatic N) is 4. The van der Waals surface area contributed by atoms with Crippen molar-refractivity contribution in [1.29, 1.82) is 0 Å². The van der Waals surface area contributed by atoms with Crippen LogP contribution < -0.4 is 5.32 Å². The Morgan fingerprint density at radius 1 is 1.35 bits per heavy atom. The number of ether oxygens (including phenoxy) is 2. The Hall–Kier alpha value is -2.28. The van der Waals surface area contributed by atoms with Crippen molar-refractivity contribution >= 4 is 51.4 Å². The highest BCUT2D eigenvalue weighted by atomic mass is 32.2. The number of hydrogen-bond donors (Lipinski definition) is 1. The van der Waals surface area contributed by atoms with Crippen LogP contribution in [-0.4, -0.2) is 56.7 Å². The third-order valence-electron chi connectivity index (χ3n) is 5.22. The first-order chi connectivity index (χ1) is 16.5. The van der Waals surface area contributed by atoms with Gasteiger partial charge in [0.2, 0.25) is 5.91 Å². The summed E-state index contributed by atoms with van der Waals surface area (Å²) in [6.45, 7) is 7.31. The lowest BCUT2D eigenvalue weighted by Gasteiger charge is -2.14. The van der Waals surface area contributed by atoms with Crippen molar-refractivity contribution in [1.82, 2.24) is 19.7 Å². The molecule has 0 aliphatic carbocycles. The minimum Gasteiger partial charge on any atom is -0.462 e. The number of aryl methyl sites for hydroxylation is 2. The Morgan fingerprint density at radius 3 is 2.91 bits per heavy atom. The maximum absolute atomic E-state index is 12.6. The van der Waals surface area contributed by atoms with Gasteiger partial charge in [-0.2, -0.15) is 0 Å². The van der Waals surface area contributed by atoms with Crippen LogP contribution in [0.2, 0.25) is 0 Å². The van der Waals surface area contributed by atoms with Crippen molar-refractivity contribution in [3.63, 3.8) is 0 Å². The Balaban J connectivity index is 1.45. The monoisotopic (exact) mass is 521 g/mol. The summed E-state index contributed by atoms with van der Waals surface area (Å²) in [6.07, 6.45) is 3.14. The second-order valence-corrected chi connectivity index (χ2v) is 10.6. The molecule has 34 heavy (non-hydrogen) atoms. The summed E-state index contributed by atoms with van der Waals surface area (Å²) in [5.41, 5.74) is 1.57. The van der Waals surface area contributed by atoms with Crippen LogP contribution in [0.1, 0.15) is 46.9 Å². The fraction of sp³-hybridized carbons (Fsp3) is 0.500. The van der Waals surface area contributed by atoms with Crippen molar-refractivity contribution in [2.24, 2.45) is 0 Å². The number of rotatable bonds is 10. The number of carbonyl (C=O) groups is 2. The zero-order valence-electron chi connectivity index (χ0n) is 19.3. The van der Waals surface area contributed by atoms with Gasteiger partial charge in [-0.15, -0.1) is 21.5 Å². The molecule has 0 spiro atoms. The van der Waals surface area contributed by atoms with Gasteiger partial charge in [0.05, 0.1) is 30.7 Å². The van der Waals surface area contributed by atoms with Gasteiger partial charge in [0.15, 0.2) is 16.1 Å². The van der Waals surface area contributed by atoms with Gasteiger partial charge in [0.25, 0.3) is 0 Å². The van der Waals surface area contributed by atoms with Gasteiger partial charge in [0.1, 0.15) is 4.88 Å². The lowest BCUT2D eigenvalue weighted by Crippen LogP contribution is -2.18. The van der Waals surface area contributed by atoms with Crippen LogP contribution in [0.4, 0.5) is 5.13 Å². The normalized spacial score (nSPS) is 15.6. The van der Waals surface area contributed by atoms with E-state index >= 15 is 0 Å². The van der Waals surface area contributed by atoms with Crippen LogP contribution in [0.15, 0.2) is 16.6 Å². The van der Waals surface area contributed by atoms with Crippen LogP contribution in [0.3, 0.4) is 0 Å². The van der Waals surface area contributed by atoms with E-state index in [0.717, 1.165) is 48.6 Å². The van der Waals surface area contributed by atoms with E-state index in [1.54, 1.807) is 25.2 Å². The number of thiazole rings is 1. The molecule has 1 aliphatic heterocycles. The molecule has 1 amide bonds. The molecule has 0 aromatic carbocycles. The number of nitrogens with one attached hydrogen (secondary N) is 1. The maximum Gasteiger partial charge on any atom is 0.350 e. The number of anilines is 1. The third kappa shape index (κ3) is 5.85. The summed E-state index contributed by atoms with van der Waals surface area (Å²) in [4.78, 5) is 30.6. The standard InChI is InChI=1S/C22H27N5O4S3/c1-4-16-9-14(11-32-16)19-25-26-22(27(19)10-15-7-6-8-31-15)33-12-17(28)24-21-23-13(3)18(34-21)20(29)30-5-2/h9,11,15H,4-8,10,12H2,1-3H3,(H,23,24,28). The fourth-order valence-corrected chi connectivity index (χ4v) is 6.01. The molecule has 12 heteroatoms. The van der Waals surface area contributed by atoms with E-state index in [2.05, 4.69) is 43.4 Å². The van der Waals surface area contributed by atoms with Crippen molar-refractivity contribution in [2.45, 2.75) is 57.8 Å². The number of thioether (sulfide) groups is 1. The van der Waals surface area contributed by atoms with Gasteiger partial charge in [-0.25, -0.2) is 9.78 Å². The topological polar surface area (TPSA) is 108 Å².